The lowest BCUT2D eigenvalue weighted by atomic mass is 10.1. The van der Waals surface area contributed by atoms with Crippen molar-refractivity contribution in [3.8, 4) is 0 Å². The number of benzene rings is 1. The molecular formula is C14H17F3N2O2. The van der Waals surface area contributed by atoms with Crippen LogP contribution in [0.5, 0.6) is 0 Å². The molecule has 0 saturated heterocycles. The Labute approximate surface area is 120 Å². The molecule has 0 bridgehead atoms. The van der Waals surface area contributed by atoms with Crippen LogP contribution in [0.25, 0.3) is 0 Å². The fraction of sp³-hybridized carbons (Fsp3) is 0.500. The average Bonchev–Trinajstić information content (AvgIpc) is 3.26. The maximum absolute atomic E-state index is 13.0. The van der Waals surface area contributed by atoms with E-state index < -0.39 is 17.5 Å². The van der Waals surface area contributed by atoms with Crippen LogP contribution < -0.4 is 5.32 Å². The third-order valence-electron chi connectivity index (χ3n) is 3.32. The van der Waals surface area contributed by atoms with Gasteiger partial charge < -0.3 is 15.3 Å². The van der Waals surface area contributed by atoms with Gasteiger partial charge in [-0.3, -0.25) is 0 Å². The minimum Gasteiger partial charge on any atom is -0.395 e. The van der Waals surface area contributed by atoms with Crippen LogP contribution in [0, 0.1) is 17.5 Å². The van der Waals surface area contributed by atoms with E-state index >= 15 is 0 Å². The van der Waals surface area contributed by atoms with Gasteiger partial charge in [0.15, 0.2) is 17.5 Å². The van der Waals surface area contributed by atoms with Crippen LogP contribution in [0.1, 0.15) is 18.4 Å². The zero-order valence-electron chi connectivity index (χ0n) is 11.4. The Bertz CT molecular complexity index is 498. The molecule has 7 heteroatoms. The van der Waals surface area contributed by atoms with Gasteiger partial charge in [0.25, 0.3) is 0 Å². The van der Waals surface area contributed by atoms with Crippen LogP contribution in [0.15, 0.2) is 12.1 Å². The molecule has 0 heterocycles. The van der Waals surface area contributed by atoms with Crippen LogP contribution in [0.2, 0.25) is 0 Å². The number of hydrogen-bond donors (Lipinski definition) is 2. The molecule has 2 rings (SSSR count). The molecule has 1 fully saturated rings. The van der Waals surface area contributed by atoms with E-state index in [0.29, 0.717) is 0 Å². The summed E-state index contributed by atoms with van der Waals surface area (Å²) in [7, 11) is 0. The monoisotopic (exact) mass is 302 g/mol. The Balaban J connectivity index is 1.84. The van der Waals surface area contributed by atoms with Crippen molar-refractivity contribution in [2.24, 2.45) is 0 Å². The summed E-state index contributed by atoms with van der Waals surface area (Å²) in [6, 6.07) is 1.68. The maximum atomic E-state index is 13.0. The molecule has 2 amide bonds. The second-order valence-electron chi connectivity index (χ2n) is 5.00. The molecule has 116 valence electrons. The molecule has 1 aliphatic carbocycles. The van der Waals surface area contributed by atoms with Gasteiger partial charge in [-0.05, 0) is 37.0 Å². The van der Waals surface area contributed by atoms with Gasteiger partial charge in [-0.2, -0.15) is 0 Å². The first-order chi connectivity index (χ1) is 10.0. The summed E-state index contributed by atoms with van der Waals surface area (Å²) in [5, 5.41) is 11.5. The summed E-state index contributed by atoms with van der Waals surface area (Å²) in [4.78, 5) is 13.4. The van der Waals surface area contributed by atoms with Gasteiger partial charge in [-0.1, -0.05) is 0 Å². The van der Waals surface area contributed by atoms with E-state index in [1.54, 1.807) is 4.90 Å². The standard InChI is InChI=1S/C14H17F3N2O2/c15-11-7-9(8-12(16)13(11)17)3-4-18-14(21)19(5-6-20)10-1-2-10/h7-8,10,20H,1-6H2,(H,18,21). The number of aliphatic hydroxyl groups excluding tert-OH is 1. The molecule has 0 atom stereocenters. The summed E-state index contributed by atoms with van der Waals surface area (Å²) < 4.78 is 38.9. The van der Waals surface area contributed by atoms with Crippen molar-refractivity contribution in [1.82, 2.24) is 10.2 Å². The number of carbonyl (C=O) groups excluding carboxylic acids is 1. The summed E-state index contributed by atoms with van der Waals surface area (Å²) >= 11 is 0. The molecule has 1 aromatic rings. The number of aliphatic hydroxyl groups is 1. The topological polar surface area (TPSA) is 52.6 Å². The van der Waals surface area contributed by atoms with Crippen LogP contribution in [0.3, 0.4) is 0 Å². The van der Waals surface area contributed by atoms with Gasteiger partial charge >= 0.3 is 6.03 Å². The van der Waals surface area contributed by atoms with Crippen LogP contribution >= 0.6 is 0 Å². The molecule has 0 spiro atoms. The Kier molecular flexibility index (Phi) is 5.06. The second-order valence-corrected chi connectivity index (χ2v) is 5.00. The van der Waals surface area contributed by atoms with Gasteiger partial charge in [-0.25, -0.2) is 18.0 Å². The second kappa shape index (κ2) is 6.80. The fourth-order valence-corrected chi connectivity index (χ4v) is 2.11. The number of carbonyl (C=O) groups is 1. The van der Waals surface area contributed by atoms with E-state index in [4.69, 9.17) is 5.11 Å². The molecule has 2 N–H and O–H groups in total. The molecule has 1 aliphatic rings. The summed E-state index contributed by atoms with van der Waals surface area (Å²) in [5.41, 5.74) is 0.270. The zero-order valence-corrected chi connectivity index (χ0v) is 11.4. The first-order valence-electron chi connectivity index (χ1n) is 6.81. The normalized spacial score (nSPS) is 14.1. The molecule has 4 nitrogen and oxygen atoms in total. The van der Waals surface area contributed by atoms with Gasteiger partial charge in [-0.15, -0.1) is 0 Å². The minimum atomic E-state index is -1.49. The molecule has 1 saturated carbocycles. The highest BCUT2D eigenvalue weighted by Gasteiger charge is 2.31. The third kappa shape index (κ3) is 4.10. The number of nitrogens with zero attached hydrogens (tertiary/aromatic N) is 1. The summed E-state index contributed by atoms with van der Waals surface area (Å²) in [5.74, 6) is -3.97. The summed E-state index contributed by atoms with van der Waals surface area (Å²) in [6.45, 7) is 0.326. The van der Waals surface area contributed by atoms with Crippen molar-refractivity contribution < 1.29 is 23.1 Å². The number of amides is 2. The lowest BCUT2D eigenvalue weighted by Gasteiger charge is -2.21. The van der Waals surface area contributed by atoms with Crippen molar-refractivity contribution in [1.29, 1.82) is 0 Å². The van der Waals surface area contributed by atoms with Gasteiger partial charge in [0.05, 0.1) is 6.61 Å². The highest BCUT2D eigenvalue weighted by molar-refractivity contribution is 5.74. The van der Waals surface area contributed by atoms with E-state index in [9.17, 15) is 18.0 Å². The van der Waals surface area contributed by atoms with Crippen molar-refractivity contribution in [3.05, 3.63) is 35.1 Å². The van der Waals surface area contributed by atoms with Crippen molar-refractivity contribution >= 4 is 6.03 Å². The van der Waals surface area contributed by atoms with E-state index in [2.05, 4.69) is 5.32 Å². The van der Waals surface area contributed by atoms with E-state index in [1.807, 2.05) is 0 Å². The zero-order chi connectivity index (χ0) is 15.4. The van der Waals surface area contributed by atoms with Crippen molar-refractivity contribution in [3.63, 3.8) is 0 Å². The van der Waals surface area contributed by atoms with Crippen molar-refractivity contribution in [2.75, 3.05) is 19.7 Å². The molecule has 0 aliphatic heterocycles. The molecule has 1 aromatic carbocycles. The Morgan fingerprint density at radius 1 is 1.29 bits per heavy atom. The Morgan fingerprint density at radius 3 is 2.43 bits per heavy atom. The smallest absolute Gasteiger partial charge is 0.317 e. The average molecular weight is 302 g/mol. The number of urea groups is 1. The number of nitrogens with one attached hydrogen (secondary N) is 1. The largest absolute Gasteiger partial charge is 0.395 e. The van der Waals surface area contributed by atoms with Gasteiger partial charge in [0, 0.05) is 19.1 Å². The predicted octanol–water partition coefficient (Wildman–Crippen LogP) is 1.81. The van der Waals surface area contributed by atoms with E-state index in [0.717, 1.165) is 25.0 Å². The van der Waals surface area contributed by atoms with Gasteiger partial charge in [0.1, 0.15) is 0 Å². The molecule has 21 heavy (non-hydrogen) atoms. The Morgan fingerprint density at radius 2 is 1.90 bits per heavy atom. The lowest BCUT2D eigenvalue weighted by molar-refractivity contribution is 0.174. The number of hydrogen-bond acceptors (Lipinski definition) is 2. The first kappa shape index (κ1) is 15.6. The van der Waals surface area contributed by atoms with Crippen LogP contribution in [-0.4, -0.2) is 41.8 Å². The van der Waals surface area contributed by atoms with Crippen LogP contribution in [-0.2, 0) is 6.42 Å². The molecular weight excluding hydrogens is 285 g/mol. The van der Waals surface area contributed by atoms with E-state index in [1.165, 1.54) is 0 Å². The lowest BCUT2D eigenvalue weighted by Crippen LogP contribution is -2.43. The number of rotatable bonds is 6. The molecule has 0 aromatic heterocycles. The molecule has 0 radical (unpaired) electrons. The first-order valence-corrected chi connectivity index (χ1v) is 6.81. The maximum Gasteiger partial charge on any atom is 0.317 e. The Hall–Kier alpha value is -1.76. The number of halogens is 3. The van der Waals surface area contributed by atoms with Gasteiger partial charge in [0.2, 0.25) is 0 Å². The van der Waals surface area contributed by atoms with Crippen molar-refractivity contribution in [2.45, 2.75) is 25.3 Å². The molecule has 0 unspecified atom stereocenters. The van der Waals surface area contributed by atoms with Crippen LogP contribution in [0.4, 0.5) is 18.0 Å². The quantitative estimate of drug-likeness (QED) is 0.788. The third-order valence-corrected chi connectivity index (χ3v) is 3.32. The highest BCUT2D eigenvalue weighted by atomic mass is 19.2. The van der Waals surface area contributed by atoms with E-state index in [-0.39, 0.29) is 43.8 Å². The highest BCUT2D eigenvalue weighted by Crippen LogP contribution is 2.26. The summed E-state index contributed by atoms with van der Waals surface area (Å²) in [6.07, 6.45) is 2.03. The predicted molar refractivity (Wildman–Crippen MR) is 70.2 cm³/mol. The fourth-order valence-electron chi connectivity index (χ4n) is 2.11. The SMILES string of the molecule is O=C(NCCc1cc(F)c(F)c(F)c1)N(CCO)C1CC1. The minimum absolute atomic E-state index is 0.113.